The van der Waals surface area contributed by atoms with Crippen molar-refractivity contribution in [1.29, 1.82) is 0 Å². The fraction of sp³-hybridized carbons (Fsp3) is 0.652. The Morgan fingerprint density at radius 2 is 1.45 bits per heavy atom. The fourth-order valence-corrected chi connectivity index (χ4v) is 3.15. The maximum atomic E-state index is 11.8. The molecule has 1 aromatic carbocycles. The second-order valence-corrected chi connectivity index (χ2v) is 7.37. The zero-order valence-electron chi connectivity index (χ0n) is 18.0. The molecule has 0 aliphatic rings. The molecule has 0 fully saturated rings. The first-order valence-electron chi connectivity index (χ1n) is 10.9. The van der Waals surface area contributed by atoms with Crippen molar-refractivity contribution in [3.05, 3.63) is 23.8 Å². The van der Waals surface area contributed by atoms with Gasteiger partial charge < -0.3 is 14.6 Å². The molecule has 0 heterocycles. The van der Waals surface area contributed by atoms with Gasteiger partial charge in [0.05, 0.1) is 13.7 Å². The molecule has 164 valence electrons. The Bertz CT molecular complexity index is 603. The predicted molar refractivity (Wildman–Crippen MR) is 115 cm³/mol. The highest BCUT2D eigenvalue weighted by Gasteiger charge is 2.13. The van der Waals surface area contributed by atoms with E-state index in [9.17, 15) is 14.7 Å². The van der Waals surface area contributed by atoms with Crippen molar-refractivity contribution >= 4 is 17.7 Å². The van der Waals surface area contributed by atoms with Gasteiger partial charge in [0.1, 0.15) is 11.3 Å². The summed E-state index contributed by atoms with van der Waals surface area (Å²) in [6, 6.07) is 4.17. The number of amides is 1. The summed E-state index contributed by atoms with van der Waals surface area (Å²) in [7, 11) is 1.23. The second kappa shape index (κ2) is 15.7. The van der Waals surface area contributed by atoms with E-state index >= 15 is 0 Å². The van der Waals surface area contributed by atoms with Crippen LogP contribution in [-0.2, 0) is 9.47 Å². The van der Waals surface area contributed by atoms with Gasteiger partial charge in [-0.2, -0.15) is 0 Å². The number of ether oxygens (including phenoxy) is 2. The van der Waals surface area contributed by atoms with Crippen molar-refractivity contribution < 1.29 is 24.2 Å². The molecule has 0 radical (unpaired) electrons. The molecule has 0 unspecified atom stereocenters. The molecule has 0 aromatic heterocycles. The minimum absolute atomic E-state index is 0.00809. The van der Waals surface area contributed by atoms with Crippen LogP contribution in [0.4, 0.5) is 10.5 Å². The summed E-state index contributed by atoms with van der Waals surface area (Å²) >= 11 is 0. The number of phenols is 1. The van der Waals surface area contributed by atoms with Crippen LogP contribution in [0.25, 0.3) is 0 Å². The smallest absolute Gasteiger partial charge is 0.411 e. The number of methoxy groups -OCH3 is 1. The molecule has 0 bridgehead atoms. The number of aromatic hydroxyl groups is 1. The standard InChI is InChI=1S/C23H37NO5/c1-3-4-5-6-7-8-9-10-11-12-13-14-17-29-23(27)24-19-15-16-21(25)20(18-19)22(26)28-2/h15-16,18,25H,3-14,17H2,1-2H3,(H,24,27). The molecule has 0 saturated carbocycles. The van der Waals surface area contributed by atoms with Crippen molar-refractivity contribution in [3.8, 4) is 5.75 Å². The Balaban J connectivity index is 2.05. The number of anilines is 1. The lowest BCUT2D eigenvalue weighted by Crippen LogP contribution is -2.15. The average Bonchev–Trinajstić information content (AvgIpc) is 2.72. The Hall–Kier alpha value is -2.24. The zero-order valence-corrected chi connectivity index (χ0v) is 18.0. The summed E-state index contributed by atoms with van der Waals surface area (Å²) in [6.45, 7) is 2.61. The van der Waals surface area contributed by atoms with Crippen molar-refractivity contribution in [2.75, 3.05) is 19.0 Å². The predicted octanol–water partition coefficient (Wildman–Crippen LogP) is 6.43. The molecule has 0 aliphatic carbocycles. The molecule has 1 rings (SSSR count). The Morgan fingerprint density at radius 3 is 2.00 bits per heavy atom. The van der Waals surface area contributed by atoms with Gasteiger partial charge in [-0.1, -0.05) is 77.6 Å². The van der Waals surface area contributed by atoms with Gasteiger partial charge in [-0.05, 0) is 24.6 Å². The van der Waals surface area contributed by atoms with Gasteiger partial charge in [-0.15, -0.1) is 0 Å². The molecule has 6 nitrogen and oxygen atoms in total. The van der Waals surface area contributed by atoms with E-state index in [4.69, 9.17) is 4.74 Å². The molecule has 1 amide bonds. The molecule has 1 aromatic rings. The minimum Gasteiger partial charge on any atom is -0.507 e. The summed E-state index contributed by atoms with van der Waals surface area (Å²) in [5.74, 6) is -0.872. The number of benzene rings is 1. The third-order valence-electron chi connectivity index (χ3n) is 4.88. The molecule has 0 atom stereocenters. The molecule has 0 saturated heterocycles. The van der Waals surface area contributed by atoms with Gasteiger partial charge >= 0.3 is 12.1 Å². The van der Waals surface area contributed by atoms with Crippen molar-refractivity contribution in [2.45, 2.75) is 84.0 Å². The largest absolute Gasteiger partial charge is 0.507 e. The monoisotopic (exact) mass is 407 g/mol. The number of esters is 1. The summed E-state index contributed by atoms with van der Waals surface area (Å²) in [5, 5.41) is 12.2. The Kier molecular flexibility index (Phi) is 13.4. The lowest BCUT2D eigenvalue weighted by Gasteiger charge is -2.09. The van der Waals surface area contributed by atoms with Gasteiger partial charge in [0.25, 0.3) is 0 Å². The average molecular weight is 408 g/mol. The number of hydrogen-bond donors (Lipinski definition) is 2. The summed E-state index contributed by atoms with van der Waals surface area (Å²) in [5.41, 5.74) is 0.356. The van der Waals surface area contributed by atoms with Crippen LogP contribution in [0.2, 0.25) is 0 Å². The van der Waals surface area contributed by atoms with Crippen LogP contribution >= 0.6 is 0 Å². The Labute approximate surface area is 175 Å². The molecule has 0 aliphatic heterocycles. The van der Waals surface area contributed by atoms with Gasteiger partial charge in [-0.25, -0.2) is 9.59 Å². The number of nitrogens with one attached hydrogen (secondary N) is 1. The zero-order chi connectivity index (χ0) is 21.3. The van der Waals surface area contributed by atoms with Crippen LogP contribution in [0.1, 0.15) is 94.3 Å². The highest BCUT2D eigenvalue weighted by molar-refractivity contribution is 5.95. The van der Waals surface area contributed by atoms with E-state index in [1.807, 2.05) is 0 Å². The number of phenolic OH excluding ortho intramolecular Hbond substituents is 1. The van der Waals surface area contributed by atoms with Crippen LogP contribution in [0.5, 0.6) is 5.75 Å². The topological polar surface area (TPSA) is 84.9 Å². The fourth-order valence-electron chi connectivity index (χ4n) is 3.15. The van der Waals surface area contributed by atoms with Crippen molar-refractivity contribution in [1.82, 2.24) is 0 Å². The van der Waals surface area contributed by atoms with Crippen LogP contribution in [0, 0.1) is 0 Å². The molecular formula is C23H37NO5. The summed E-state index contributed by atoms with van der Waals surface area (Å²) in [4.78, 5) is 23.4. The van der Waals surface area contributed by atoms with Crippen LogP contribution in [0.3, 0.4) is 0 Å². The SMILES string of the molecule is CCCCCCCCCCCCCCOC(=O)Nc1ccc(O)c(C(=O)OC)c1. The molecular weight excluding hydrogens is 370 g/mol. The number of hydrogen-bond acceptors (Lipinski definition) is 5. The minimum atomic E-state index is -0.670. The molecule has 0 spiro atoms. The van der Waals surface area contributed by atoms with E-state index in [1.165, 1.54) is 89.5 Å². The van der Waals surface area contributed by atoms with Crippen LogP contribution < -0.4 is 5.32 Å². The molecule has 6 heteroatoms. The summed E-state index contributed by atoms with van der Waals surface area (Å²) < 4.78 is 9.75. The summed E-state index contributed by atoms with van der Waals surface area (Å²) in [6.07, 6.45) is 14.5. The highest BCUT2D eigenvalue weighted by atomic mass is 16.5. The first-order valence-corrected chi connectivity index (χ1v) is 10.9. The lowest BCUT2D eigenvalue weighted by molar-refractivity contribution is 0.0597. The van der Waals surface area contributed by atoms with E-state index < -0.39 is 12.1 Å². The molecule has 2 N–H and O–H groups in total. The quantitative estimate of drug-likeness (QED) is 0.199. The first-order chi connectivity index (χ1) is 14.1. The van der Waals surface area contributed by atoms with E-state index in [2.05, 4.69) is 17.0 Å². The highest BCUT2D eigenvalue weighted by Crippen LogP contribution is 2.22. The van der Waals surface area contributed by atoms with Crippen LogP contribution in [-0.4, -0.2) is 30.9 Å². The van der Waals surface area contributed by atoms with E-state index in [-0.39, 0.29) is 11.3 Å². The number of carbonyl (C=O) groups excluding carboxylic acids is 2. The van der Waals surface area contributed by atoms with E-state index in [1.54, 1.807) is 0 Å². The van der Waals surface area contributed by atoms with Gasteiger partial charge in [0, 0.05) is 5.69 Å². The van der Waals surface area contributed by atoms with Gasteiger partial charge in [-0.3, -0.25) is 5.32 Å². The van der Waals surface area contributed by atoms with E-state index in [0.717, 1.165) is 12.8 Å². The lowest BCUT2D eigenvalue weighted by atomic mass is 10.1. The van der Waals surface area contributed by atoms with Gasteiger partial charge in [0.2, 0.25) is 0 Å². The first kappa shape index (κ1) is 24.8. The van der Waals surface area contributed by atoms with Gasteiger partial charge in [0.15, 0.2) is 0 Å². The number of unbranched alkanes of at least 4 members (excludes halogenated alkanes) is 11. The maximum absolute atomic E-state index is 11.8. The second-order valence-electron chi connectivity index (χ2n) is 7.37. The third-order valence-corrected chi connectivity index (χ3v) is 4.88. The van der Waals surface area contributed by atoms with Crippen LogP contribution in [0.15, 0.2) is 18.2 Å². The van der Waals surface area contributed by atoms with Crippen molar-refractivity contribution in [3.63, 3.8) is 0 Å². The number of carbonyl (C=O) groups is 2. The normalized spacial score (nSPS) is 10.6. The Morgan fingerprint density at radius 1 is 0.897 bits per heavy atom. The molecule has 29 heavy (non-hydrogen) atoms. The van der Waals surface area contributed by atoms with E-state index in [0.29, 0.717) is 12.3 Å². The number of rotatable bonds is 15. The third kappa shape index (κ3) is 11.4. The maximum Gasteiger partial charge on any atom is 0.411 e. The van der Waals surface area contributed by atoms with Crippen molar-refractivity contribution in [2.24, 2.45) is 0 Å².